The van der Waals surface area contributed by atoms with Gasteiger partial charge in [-0.1, -0.05) is 0 Å². The second-order valence-electron chi connectivity index (χ2n) is 4.37. The summed E-state index contributed by atoms with van der Waals surface area (Å²) in [7, 11) is 3.07. The molecule has 0 saturated carbocycles. The average Bonchev–Trinajstić information content (AvgIpc) is 2.90. The van der Waals surface area contributed by atoms with Crippen LogP contribution in [0.1, 0.15) is 16.2 Å². The number of fused-ring (bicyclic) bond motifs is 3. The first-order valence-electron chi connectivity index (χ1n) is 5.93. The molecule has 3 rings (SSSR count). The molecule has 7 heteroatoms. The molecule has 0 spiro atoms. The number of imidazole rings is 2. The van der Waals surface area contributed by atoms with Crippen molar-refractivity contribution >= 4 is 22.8 Å². The fourth-order valence-electron chi connectivity index (χ4n) is 2.37. The van der Waals surface area contributed by atoms with E-state index < -0.39 is 5.97 Å². The van der Waals surface area contributed by atoms with Crippen molar-refractivity contribution in [1.82, 2.24) is 14.4 Å². The van der Waals surface area contributed by atoms with Crippen molar-refractivity contribution in [2.75, 3.05) is 14.2 Å². The van der Waals surface area contributed by atoms with Crippen LogP contribution in [0.4, 0.5) is 0 Å². The van der Waals surface area contributed by atoms with Crippen molar-refractivity contribution in [3.8, 4) is 11.5 Å². The van der Waals surface area contributed by atoms with Gasteiger partial charge in [-0.3, -0.25) is 4.40 Å². The molecule has 3 aromatic rings. The summed E-state index contributed by atoms with van der Waals surface area (Å²) < 4.78 is 12.0. The number of rotatable bonds is 3. The van der Waals surface area contributed by atoms with Gasteiger partial charge in [0.1, 0.15) is 0 Å². The highest BCUT2D eigenvalue weighted by Gasteiger charge is 2.20. The van der Waals surface area contributed by atoms with Crippen LogP contribution < -0.4 is 9.47 Å². The van der Waals surface area contributed by atoms with Crippen molar-refractivity contribution in [2.45, 2.75) is 6.92 Å². The van der Waals surface area contributed by atoms with Crippen LogP contribution >= 0.6 is 0 Å². The number of benzene rings is 1. The molecular formula is C13H13N3O4. The predicted octanol–water partition coefficient (Wildman–Crippen LogP) is 1.84. The SMILES string of the molecule is COc1cc2nc3[nH]c(C)c(C(=O)O)n3c2cc1OC. The summed E-state index contributed by atoms with van der Waals surface area (Å²) in [6.07, 6.45) is 0. The van der Waals surface area contributed by atoms with Gasteiger partial charge in [0, 0.05) is 17.8 Å². The number of ether oxygens (including phenoxy) is 2. The lowest BCUT2D eigenvalue weighted by Crippen LogP contribution is -2.03. The minimum absolute atomic E-state index is 0.162. The van der Waals surface area contributed by atoms with Gasteiger partial charge in [0.2, 0.25) is 5.78 Å². The summed E-state index contributed by atoms with van der Waals surface area (Å²) >= 11 is 0. The van der Waals surface area contributed by atoms with Crippen molar-refractivity contribution in [3.05, 3.63) is 23.5 Å². The van der Waals surface area contributed by atoms with Gasteiger partial charge >= 0.3 is 5.97 Å². The molecule has 0 atom stereocenters. The van der Waals surface area contributed by atoms with Crippen molar-refractivity contribution in [3.63, 3.8) is 0 Å². The number of hydrogen-bond donors (Lipinski definition) is 2. The zero-order valence-corrected chi connectivity index (χ0v) is 11.2. The zero-order valence-electron chi connectivity index (χ0n) is 11.2. The summed E-state index contributed by atoms with van der Waals surface area (Å²) in [6.45, 7) is 1.70. The number of nitrogens with zero attached hydrogens (tertiary/aromatic N) is 2. The topological polar surface area (TPSA) is 88.8 Å². The van der Waals surface area contributed by atoms with Crippen LogP contribution in [0.25, 0.3) is 16.8 Å². The number of methoxy groups -OCH3 is 2. The van der Waals surface area contributed by atoms with Crippen molar-refractivity contribution in [1.29, 1.82) is 0 Å². The van der Waals surface area contributed by atoms with E-state index in [0.29, 0.717) is 34.0 Å². The molecule has 1 aromatic carbocycles. The first-order valence-corrected chi connectivity index (χ1v) is 5.93. The van der Waals surface area contributed by atoms with E-state index in [1.807, 2.05) is 0 Å². The van der Waals surface area contributed by atoms with E-state index in [0.717, 1.165) is 0 Å². The van der Waals surface area contributed by atoms with Crippen LogP contribution in [0.3, 0.4) is 0 Å². The van der Waals surface area contributed by atoms with E-state index in [9.17, 15) is 9.90 Å². The van der Waals surface area contributed by atoms with Crippen LogP contribution in [0, 0.1) is 6.92 Å². The first-order chi connectivity index (χ1) is 9.56. The quantitative estimate of drug-likeness (QED) is 0.761. The van der Waals surface area contributed by atoms with E-state index in [4.69, 9.17) is 9.47 Å². The Morgan fingerprint density at radius 1 is 1.30 bits per heavy atom. The fourth-order valence-corrected chi connectivity index (χ4v) is 2.37. The normalized spacial score (nSPS) is 11.2. The van der Waals surface area contributed by atoms with Gasteiger partial charge < -0.3 is 19.6 Å². The molecule has 2 N–H and O–H groups in total. The van der Waals surface area contributed by atoms with E-state index in [2.05, 4.69) is 9.97 Å². The minimum Gasteiger partial charge on any atom is -0.493 e. The van der Waals surface area contributed by atoms with Crippen molar-refractivity contribution < 1.29 is 19.4 Å². The van der Waals surface area contributed by atoms with Crippen LogP contribution in [0.2, 0.25) is 0 Å². The minimum atomic E-state index is -1.01. The highest BCUT2D eigenvalue weighted by Crippen LogP contribution is 2.33. The fraction of sp³-hybridized carbons (Fsp3) is 0.231. The molecule has 2 heterocycles. The van der Waals surface area contributed by atoms with E-state index in [1.54, 1.807) is 30.6 Å². The number of hydrogen-bond acceptors (Lipinski definition) is 4. The molecule has 0 unspecified atom stereocenters. The maximum Gasteiger partial charge on any atom is 0.354 e. The Morgan fingerprint density at radius 3 is 2.55 bits per heavy atom. The standard InChI is InChI=1S/C13H13N3O4/c1-6-11(12(17)18)16-8-5-10(20-3)9(19-2)4-7(8)15-13(16)14-6/h4-5H,1-3H3,(H,14,15)(H,17,18). The Labute approximate surface area is 113 Å². The summed E-state index contributed by atoms with van der Waals surface area (Å²) in [4.78, 5) is 18.7. The van der Waals surface area contributed by atoms with Crippen LogP contribution in [0.5, 0.6) is 11.5 Å². The number of carboxylic acid groups (broad SMARTS) is 1. The lowest BCUT2D eigenvalue weighted by Gasteiger charge is -2.07. The summed E-state index contributed by atoms with van der Waals surface area (Å²) in [5.41, 5.74) is 2.00. The Morgan fingerprint density at radius 2 is 1.95 bits per heavy atom. The van der Waals surface area contributed by atoms with Crippen LogP contribution in [-0.4, -0.2) is 39.7 Å². The number of carboxylic acids is 1. The second-order valence-corrected chi connectivity index (χ2v) is 4.37. The molecule has 0 amide bonds. The van der Waals surface area contributed by atoms with Gasteiger partial charge in [-0.2, -0.15) is 0 Å². The number of aromatic nitrogens is 3. The zero-order chi connectivity index (χ0) is 14.4. The lowest BCUT2D eigenvalue weighted by molar-refractivity contribution is 0.0689. The van der Waals surface area contributed by atoms with Crippen LogP contribution in [0.15, 0.2) is 12.1 Å². The predicted molar refractivity (Wildman–Crippen MR) is 71.8 cm³/mol. The number of aromatic amines is 1. The Bertz CT molecular complexity index is 831. The lowest BCUT2D eigenvalue weighted by atomic mass is 10.2. The summed E-state index contributed by atoms with van der Waals surface area (Å²) in [5, 5.41) is 9.33. The molecule has 0 aliphatic heterocycles. The Balaban J connectivity index is 2.44. The number of H-pyrrole nitrogens is 1. The molecule has 0 bridgehead atoms. The van der Waals surface area contributed by atoms with Gasteiger partial charge in [-0.05, 0) is 6.92 Å². The molecule has 7 nitrogen and oxygen atoms in total. The average molecular weight is 275 g/mol. The van der Waals surface area contributed by atoms with Gasteiger partial charge in [0.25, 0.3) is 0 Å². The maximum atomic E-state index is 11.4. The number of aromatic carboxylic acids is 1. The summed E-state index contributed by atoms with van der Waals surface area (Å²) in [6, 6.07) is 3.43. The number of nitrogens with one attached hydrogen (secondary N) is 1. The van der Waals surface area contributed by atoms with Gasteiger partial charge in [0.15, 0.2) is 17.2 Å². The molecule has 104 valence electrons. The first kappa shape index (κ1) is 12.3. The molecule has 2 aromatic heterocycles. The number of aryl methyl sites for hydroxylation is 1. The largest absolute Gasteiger partial charge is 0.493 e. The molecule has 0 aliphatic rings. The molecule has 0 aliphatic carbocycles. The third-order valence-corrected chi connectivity index (χ3v) is 3.24. The highest BCUT2D eigenvalue weighted by molar-refractivity contribution is 5.93. The monoisotopic (exact) mass is 275 g/mol. The molecule has 0 radical (unpaired) electrons. The molecule has 0 saturated heterocycles. The van der Waals surface area contributed by atoms with Gasteiger partial charge in [-0.25, -0.2) is 9.78 Å². The van der Waals surface area contributed by atoms with Gasteiger partial charge in [-0.15, -0.1) is 0 Å². The van der Waals surface area contributed by atoms with Gasteiger partial charge in [0.05, 0.1) is 25.3 Å². The smallest absolute Gasteiger partial charge is 0.354 e. The van der Waals surface area contributed by atoms with E-state index in [-0.39, 0.29) is 5.69 Å². The van der Waals surface area contributed by atoms with Crippen molar-refractivity contribution in [2.24, 2.45) is 0 Å². The molecule has 0 fully saturated rings. The maximum absolute atomic E-state index is 11.4. The Hall–Kier alpha value is -2.70. The summed E-state index contributed by atoms with van der Waals surface area (Å²) in [5.74, 6) is 0.541. The van der Waals surface area contributed by atoms with E-state index in [1.165, 1.54) is 7.11 Å². The Kier molecular flexibility index (Phi) is 2.56. The second kappa shape index (κ2) is 4.16. The third kappa shape index (κ3) is 1.52. The van der Waals surface area contributed by atoms with Crippen LogP contribution in [-0.2, 0) is 0 Å². The number of carbonyl (C=O) groups is 1. The third-order valence-electron chi connectivity index (χ3n) is 3.24. The molecular weight excluding hydrogens is 262 g/mol. The highest BCUT2D eigenvalue weighted by atomic mass is 16.5. The van der Waals surface area contributed by atoms with E-state index >= 15 is 0 Å². The molecule has 20 heavy (non-hydrogen) atoms.